The number of hydrogen-bond donors (Lipinski definition) is 2. The lowest BCUT2D eigenvalue weighted by Gasteiger charge is -2.15. The van der Waals surface area contributed by atoms with Crippen LogP contribution in [-0.4, -0.2) is 22.8 Å². The number of amides is 2. The van der Waals surface area contributed by atoms with Crippen molar-refractivity contribution in [3.63, 3.8) is 0 Å². The van der Waals surface area contributed by atoms with Gasteiger partial charge in [0.25, 0.3) is 17.5 Å². The molecule has 25 heavy (non-hydrogen) atoms. The van der Waals surface area contributed by atoms with E-state index in [0.717, 1.165) is 0 Å². The zero-order chi connectivity index (χ0) is 18.4. The number of hydrazine groups is 1. The predicted molar refractivity (Wildman–Crippen MR) is 90.2 cm³/mol. The van der Waals surface area contributed by atoms with E-state index < -0.39 is 22.8 Å². The first-order valence-electron chi connectivity index (χ1n) is 7.13. The summed E-state index contributed by atoms with van der Waals surface area (Å²) >= 11 is 5.83. The van der Waals surface area contributed by atoms with Gasteiger partial charge in [-0.2, -0.15) is 0 Å². The van der Waals surface area contributed by atoms with Crippen molar-refractivity contribution in [2.75, 3.05) is 0 Å². The van der Waals surface area contributed by atoms with Crippen LogP contribution in [0.1, 0.15) is 17.3 Å². The molecule has 0 radical (unpaired) electrons. The third kappa shape index (κ3) is 5.18. The summed E-state index contributed by atoms with van der Waals surface area (Å²) in [7, 11) is 0. The van der Waals surface area contributed by atoms with Gasteiger partial charge >= 0.3 is 0 Å². The molecule has 0 aliphatic heterocycles. The number of carbonyl (C=O) groups excluding carboxylic acids is 2. The normalized spacial score (nSPS) is 11.3. The lowest BCUT2D eigenvalue weighted by molar-refractivity contribution is -0.384. The number of nitrogens with one attached hydrogen (secondary N) is 2. The van der Waals surface area contributed by atoms with E-state index in [9.17, 15) is 19.7 Å². The van der Waals surface area contributed by atoms with Gasteiger partial charge in [0.05, 0.1) is 4.92 Å². The van der Waals surface area contributed by atoms with Crippen LogP contribution in [0.25, 0.3) is 0 Å². The molecule has 0 heterocycles. The fraction of sp³-hybridized carbons (Fsp3) is 0.125. The Morgan fingerprint density at radius 2 is 1.84 bits per heavy atom. The van der Waals surface area contributed by atoms with Gasteiger partial charge in [-0.05, 0) is 37.3 Å². The van der Waals surface area contributed by atoms with Crippen LogP contribution >= 0.6 is 11.6 Å². The highest BCUT2D eigenvalue weighted by atomic mass is 35.5. The van der Waals surface area contributed by atoms with Crippen molar-refractivity contribution < 1.29 is 19.2 Å². The van der Waals surface area contributed by atoms with Gasteiger partial charge in [0.15, 0.2) is 6.10 Å². The van der Waals surface area contributed by atoms with Crippen molar-refractivity contribution >= 4 is 29.1 Å². The Hall–Kier alpha value is -3.13. The molecule has 2 aromatic carbocycles. The van der Waals surface area contributed by atoms with Crippen molar-refractivity contribution in [3.05, 3.63) is 69.2 Å². The van der Waals surface area contributed by atoms with E-state index in [1.165, 1.54) is 31.2 Å². The highest BCUT2D eigenvalue weighted by Gasteiger charge is 2.16. The van der Waals surface area contributed by atoms with E-state index in [1.807, 2.05) is 0 Å². The molecule has 9 heteroatoms. The van der Waals surface area contributed by atoms with Crippen LogP contribution in [0.5, 0.6) is 5.75 Å². The van der Waals surface area contributed by atoms with Gasteiger partial charge in [-0.1, -0.05) is 17.7 Å². The number of nitro groups is 1. The molecular formula is C16H14ClN3O5. The first-order chi connectivity index (χ1) is 11.9. The Kier molecular flexibility index (Phi) is 5.91. The van der Waals surface area contributed by atoms with Gasteiger partial charge < -0.3 is 4.74 Å². The molecule has 2 amide bonds. The molecule has 2 aromatic rings. The number of ether oxygens (including phenoxy) is 1. The van der Waals surface area contributed by atoms with Crippen LogP contribution < -0.4 is 15.6 Å². The molecule has 0 aliphatic carbocycles. The van der Waals surface area contributed by atoms with Crippen molar-refractivity contribution in [3.8, 4) is 5.75 Å². The minimum atomic E-state index is -0.879. The average molecular weight is 364 g/mol. The van der Waals surface area contributed by atoms with Crippen LogP contribution in [0.4, 0.5) is 5.69 Å². The molecule has 1 atom stereocenters. The Balaban J connectivity index is 1.87. The minimum absolute atomic E-state index is 0.135. The average Bonchev–Trinajstić information content (AvgIpc) is 2.59. The van der Waals surface area contributed by atoms with Crippen molar-refractivity contribution in [1.82, 2.24) is 10.9 Å². The second-order valence-corrected chi connectivity index (χ2v) is 5.40. The molecule has 2 rings (SSSR count). The maximum Gasteiger partial charge on any atom is 0.279 e. The summed E-state index contributed by atoms with van der Waals surface area (Å²) < 4.78 is 5.41. The van der Waals surface area contributed by atoms with Gasteiger partial charge in [0, 0.05) is 22.7 Å². The Bertz CT molecular complexity index is 795. The predicted octanol–water partition coefficient (Wildman–Crippen LogP) is 2.48. The quantitative estimate of drug-likeness (QED) is 0.626. The van der Waals surface area contributed by atoms with E-state index in [-0.39, 0.29) is 11.3 Å². The summed E-state index contributed by atoms with van der Waals surface area (Å²) in [5, 5.41) is 11.0. The third-order valence-electron chi connectivity index (χ3n) is 3.12. The Morgan fingerprint density at radius 1 is 1.16 bits per heavy atom. The molecule has 130 valence electrons. The van der Waals surface area contributed by atoms with E-state index >= 15 is 0 Å². The zero-order valence-corrected chi connectivity index (χ0v) is 13.8. The van der Waals surface area contributed by atoms with Crippen LogP contribution in [-0.2, 0) is 4.79 Å². The van der Waals surface area contributed by atoms with E-state index in [1.54, 1.807) is 24.3 Å². The molecule has 0 spiro atoms. The van der Waals surface area contributed by atoms with Crippen LogP contribution in [0.2, 0.25) is 5.02 Å². The number of nitro benzene ring substituents is 1. The summed E-state index contributed by atoms with van der Waals surface area (Å²) in [5.74, 6) is -0.773. The van der Waals surface area contributed by atoms with Crippen molar-refractivity contribution in [1.29, 1.82) is 0 Å². The Labute approximate surface area is 147 Å². The maximum atomic E-state index is 11.9. The molecule has 0 saturated heterocycles. The SMILES string of the molecule is CC(Oc1cccc(Cl)c1)C(=O)NNC(=O)c1ccc([N+](=O)[O-])cc1. The molecule has 0 aliphatic rings. The van der Waals surface area contributed by atoms with Gasteiger partial charge in [0.2, 0.25) is 0 Å². The minimum Gasteiger partial charge on any atom is -0.481 e. The number of non-ortho nitro benzene ring substituents is 1. The number of nitrogens with zero attached hydrogens (tertiary/aromatic N) is 1. The van der Waals surface area contributed by atoms with Crippen LogP contribution in [0.3, 0.4) is 0 Å². The standard InChI is InChI=1S/C16H14ClN3O5/c1-10(25-14-4-2-3-12(17)9-14)15(21)18-19-16(22)11-5-7-13(8-6-11)20(23)24/h2-10H,1H3,(H,18,21)(H,19,22). The topological polar surface area (TPSA) is 111 Å². The Morgan fingerprint density at radius 3 is 2.44 bits per heavy atom. The summed E-state index contributed by atoms with van der Waals surface area (Å²) in [6.07, 6.45) is -0.879. The number of carbonyl (C=O) groups is 2. The number of halogens is 1. The largest absolute Gasteiger partial charge is 0.481 e. The van der Waals surface area contributed by atoms with Gasteiger partial charge in [0.1, 0.15) is 5.75 Å². The second kappa shape index (κ2) is 8.11. The number of rotatable bonds is 5. The lowest BCUT2D eigenvalue weighted by Crippen LogP contribution is -2.47. The molecule has 1 unspecified atom stereocenters. The molecule has 2 N–H and O–H groups in total. The maximum absolute atomic E-state index is 11.9. The fourth-order valence-electron chi connectivity index (χ4n) is 1.82. The van der Waals surface area contributed by atoms with Crippen molar-refractivity contribution in [2.24, 2.45) is 0 Å². The lowest BCUT2D eigenvalue weighted by atomic mass is 10.2. The first kappa shape index (κ1) is 18.2. The fourth-order valence-corrected chi connectivity index (χ4v) is 2.00. The summed E-state index contributed by atoms with van der Waals surface area (Å²) in [6.45, 7) is 1.51. The molecular weight excluding hydrogens is 350 g/mol. The van der Waals surface area contributed by atoms with Gasteiger partial charge in [-0.25, -0.2) is 0 Å². The number of benzene rings is 2. The van der Waals surface area contributed by atoms with Gasteiger partial charge in [-0.15, -0.1) is 0 Å². The highest BCUT2D eigenvalue weighted by Crippen LogP contribution is 2.18. The van der Waals surface area contributed by atoms with Crippen LogP contribution in [0, 0.1) is 10.1 Å². The zero-order valence-electron chi connectivity index (χ0n) is 13.1. The molecule has 8 nitrogen and oxygen atoms in total. The molecule has 0 aromatic heterocycles. The molecule has 0 saturated carbocycles. The monoisotopic (exact) mass is 363 g/mol. The highest BCUT2D eigenvalue weighted by molar-refractivity contribution is 6.30. The smallest absolute Gasteiger partial charge is 0.279 e. The van der Waals surface area contributed by atoms with E-state index in [0.29, 0.717) is 10.8 Å². The third-order valence-corrected chi connectivity index (χ3v) is 3.35. The second-order valence-electron chi connectivity index (χ2n) is 4.96. The summed E-state index contributed by atoms with van der Waals surface area (Å²) in [4.78, 5) is 33.8. The molecule has 0 bridgehead atoms. The summed E-state index contributed by atoms with van der Waals surface area (Å²) in [5.41, 5.74) is 4.46. The molecule has 0 fully saturated rings. The van der Waals surface area contributed by atoms with E-state index in [4.69, 9.17) is 16.3 Å². The summed E-state index contributed by atoms with van der Waals surface area (Å²) in [6, 6.07) is 11.5. The van der Waals surface area contributed by atoms with Crippen molar-refractivity contribution in [2.45, 2.75) is 13.0 Å². The van der Waals surface area contributed by atoms with Gasteiger partial charge in [-0.3, -0.25) is 30.6 Å². The van der Waals surface area contributed by atoms with Crippen LogP contribution in [0.15, 0.2) is 48.5 Å². The number of hydrogen-bond acceptors (Lipinski definition) is 5. The first-order valence-corrected chi connectivity index (χ1v) is 7.51. The van der Waals surface area contributed by atoms with E-state index in [2.05, 4.69) is 10.9 Å².